The fourth-order valence-corrected chi connectivity index (χ4v) is 0.941. The molecule has 2 atom stereocenters. The van der Waals surface area contributed by atoms with E-state index >= 15 is 0 Å². The summed E-state index contributed by atoms with van der Waals surface area (Å²) in [6, 6.07) is 1.44. The van der Waals surface area contributed by atoms with Gasteiger partial charge in [0.25, 0.3) is 0 Å². The van der Waals surface area contributed by atoms with Crippen LogP contribution >= 0.6 is 0 Å². The van der Waals surface area contributed by atoms with Gasteiger partial charge in [0.2, 0.25) is 0 Å². The standard InChI is InChI=1S/C9H15N3O4/c1-6(3-10)5-12(2)9(16)11-4-7(13)8(14)15/h6-7,13H,4-5H2,1-2H3,(H,11,16)(H,14,15)/t6?,7-/m0/s1. The summed E-state index contributed by atoms with van der Waals surface area (Å²) in [5.74, 6) is -1.70. The number of hydrogen-bond acceptors (Lipinski definition) is 4. The molecule has 0 bridgehead atoms. The first-order valence-corrected chi connectivity index (χ1v) is 4.68. The predicted octanol–water partition coefficient (Wildman–Crippen LogP) is -0.767. The zero-order chi connectivity index (χ0) is 12.7. The van der Waals surface area contributed by atoms with Gasteiger partial charge in [0.15, 0.2) is 6.10 Å². The highest BCUT2D eigenvalue weighted by atomic mass is 16.4. The molecule has 0 heterocycles. The van der Waals surface area contributed by atoms with E-state index in [1.807, 2.05) is 6.07 Å². The molecular formula is C9H15N3O4. The predicted molar refractivity (Wildman–Crippen MR) is 54.4 cm³/mol. The molecule has 0 aromatic heterocycles. The molecule has 7 heteroatoms. The Kier molecular flexibility index (Phi) is 5.88. The number of urea groups is 1. The lowest BCUT2D eigenvalue weighted by Gasteiger charge is -2.19. The fraction of sp³-hybridized carbons (Fsp3) is 0.667. The number of carboxylic acid groups (broad SMARTS) is 1. The Morgan fingerprint density at radius 1 is 1.56 bits per heavy atom. The van der Waals surface area contributed by atoms with Gasteiger partial charge in [-0.1, -0.05) is 0 Å². The van der Waals surface area contributed by atoms with E-state index < -0.39 is 18.1 Å². The maximum Gasteiger partial charge on any atom is 0.334 e. The van der Waals surface area contributed by atoms with Crippen LogP contribution in [-0.4, -0.2) is 53.4 Å². The number of nitriles is 1. The van der Waals surface area contributed by atoms with Crippen molar-refractivity contribution in [3.63, 3.8) is 0 Å². The summed E-state index contributed by atoms with van der Waals surface area (Å²) in [5, 5.41) is 28.0. The van der Waals surface area contributed by atoms with Crippen molar-refractivity contribution < 1.29 is 19.8 Å². The molecule has 7 nitrogen and oxygen atoms in total. The van der Waals surface area contributed by atoms with Crippen LogP contribution in [0, 0.1) is 17.2 Å². The molecule has 0 saturated carbocycles. The fourth-order valence-electron chi connectivity index (χ4n) is 0.941. The smallest absolute Gasteiger partial charge is 0.334 e. The quantitative estimate of drug-likeness (QED) is 0.573. The first-order valence-electron chi connectivity index (χ1n) is 4.68. The molecule has 0 rings (SSSR count). The Hall–Kier alpha value is -1.81. The molecule has 0 saturated heterocycles. The molecule has 0 spiro atoms. The van der Waals surface area contributed by atoms with Gasteiger partial charge in [0.1, 0.15) is 0 Å². The number of aliphatic hydroxyl groups excluding tert-OH is 1. The zero-order valence-electron chi connectivity index (χ0n) is 9.17. The minimum atomic E-state index is -1.62. The maximum atomic E-state index is 11.3. The summed E-state index contributed by atoms with van der Waals surface area (Å²) in [5.41, 5.74) is 0. The Balaban J connectivity index is 3.98. The van der Waals surface area contributed by atoms with Gasteiger partial charge in [0, 0.05) is 13.6 Å². The molecular weight excluding hydrogens is 214 g/mol. The lowest BCUT2D eigenvalue weighted by molar-refractivity contribution is -0.146. The van der Waals surface area contributed by atoms with Gasteiger partial charge in [0.05, 0.1) is 18.5 Å². The average molecular weight is 229 g/mol. The highest BCUT2D eigenvalue weighted by molar-refractivity contribution is 5.76. The Morgan fingerprint density at radius 3 is 2.56 bits per heavy atom. The molecule has 3 N–H and O–H groups in total. The van der Waals surface area contributed by atoms with E-state index in [0.29, 0.717) is 0 Å². The third kappa shape index (κ3) is 5.17. The van der Waals surface area contributed by atoms with Gasteiger partial charge in [-0.3, -0.25) is 0 Å². The van der Waals surface area contributed by atoms with E-state index in [2.05, 4.69) is 5.32 Å². The summed E-state index contributed by atoms with van der Waals surface area (Å²) in [4.78, 5) is 22.8. The minimum absolute atomic E-state index is 0.242. The summed E-state index contributed by atoms with van der Waals surface area (Å²) in [7, 11) is 1.48. The third-order valence-electron chi connectivity index (χ3n) is 1.85. The van der Waals surface area contributed by atoms with Crippen molar-refractivity contribution >= 4 is 12.0 Å². The number of carbonyl (C=O) groups excluding carboxylic acids is 1. The van der Waals surface area contributed by atoms with Crippen LogP contribution in [0.15, 0.2) is 0 Å². The Bertz CT molecular complexity index is 300. The summed E-state index contributed by atoms with van der Waals surface area (Å²) in [6.45, 7) is 1.54. The highest BCUT2D eigenvalue weighted by Crippen LogP contribution is 1.96. The van der Waals surface area contributed by atoms with Crippen LogP contribution < -0.4 is 5.32 Å². The molecule has 0 aliphatic carbocycles. The third-order valence-corrected chi connectivity index (χ3v) is 1.85. The SMILES string of the molecule is CC(C#N)CN(C)C(=O)NC[C@H](O)C(=O)O. The number of carboxylic acids is 1. The first kappa shape index (κ1) is 14.2. The highest BCUT2D eigenvalue weighted by Gasteiger charge is 2.16. The summed E-state index contributed by atoms with van der Waals surface area (Å²) in [6.07, 6.45) is -1.62. The van der Waals surface area contributed by atoms with Crippen LogP contribution in [0.1, 0.15) is 6.92 Å². The number of rotatable bonds is 5. The Labute approximate surface area is 93.3 Å². The van der Waals surface area contributed by atoms with Crippen molar-refractivity contribution in [2.24, 2.45) is 5.92 Å². The van der Waals surface area contributed by atoms with Crippen LogP contribution in [0.5, 0.6) is 0 Å². The lowest BCUT2D eigenvalue weighted by Crippen LogP contribution is -2.44. The van der Waals surface area contributed by atoms with Gasteiger partial charge < -0.3 is 20.4 Å². The molecule has 1 unspecified atom stereocenters. The van der Waals surface area contributed by atoms with Crippen LogP contribution in [-0.2, 0) is 4.79 Å². The second-order valence-electron chi connectivity index (χ2n) is 3.45. The Morgan fingerprint density at radius 2 is 2.12 bits per heavy atom. The average Bonchev–Trinajstić information content (AvgIpc) is 2.24. The van der Waals surface area contributed by atoms with E-state index in [-0.39, 0.29) is 19.0 Å². The van der Waals surface area contributed by atoms with E-state index in [1.165, 1.54) is 11.9 Å². The molecule has 0 aromatic carbocycles. The summed E-state index contributed by atoms with van der Waals surface area (Å²) >= 11 is 0. The number of amides is 2. The van der Waals surface area contributed by atoms with Crippen LogP contribution in [0.2, 0.25) is 0 Å². The van der Waals surface area contributed by atoms with Crippen molar-refractivity contribution in [1.82, 2.24) is 10.2 Å². The number of hydrogen-bond donors (Lipinski definition) is 3. The molecule has 0 radical (unpaired) electrons. The van der Waals surface area contributed by atoms with E-state index in [4.69, 9.17) is 15.5 Å². The van der Waals surface area contributed by atoms with Crippen LogP contribution in [0.4, 0.5) is 4.79 Å². The van der Waals surface area contributed by atoms with Crippen molar-refractivity contribution in [2.75, 3.05) is 20.1 Å². The number of aliphatic hydroxyl groups is 1. The first-order chi connectivity index (χ1) is 7.38. The van der Waals surface area contributed by atoms with Gasteiger partial charge in [-0.05, 0) is 6.92 Å². The van der Waals surface area contributed by atoms with Gasteiger partial charge in [-0.25, -0.2) is 9.59 Å². The molecule has 16 heavy (non-hydrogen) atoms. The second-order valence-corrected chi connectivity index (χ2v) is 3.45. The van der Waals surface area contributed by atoms with Gasteiger partial charge >= 0.3 is 12.0 Å². The van der Waals surface area contributed by atoms with Crippen molar-refractivity contribution in [3.8, 4) is 6.07 Å². The van der Waals surface area contributed by atoms with E-state index in [1.54, 1.807) is 6.92 Å². The zero-order valence-corrected chi connectivity index (χ0v) is 9.17. The van der Waals surface area contributed by atoms with Gasteiger partial charge in [-0.15, -0.1) is 0 Å². The lowest BCUT2D eigenvalue weighted by atomic mass is 10.2. The van der Waals surface area contributed by atoms with Crippen LogP contribution in [0.3, 0.4) is 0 Å². The normalized spacial score (nSPS) is 13.4. The topological polar surface area (TPSA) is 114 Å². The minimum Gasteiger partial charge on any atom is -0.479 e. The van der Waals surface area contributed by atoms with E-state index in [9.17, 15) is 9.59 Å². The summed E-state index contributed by atoms with van der Waals surface area (Å²) < 4.78 is 0. The van der Waals surface area contributed by atoms with Crippen molar-refractivity contribution in [3.05, 3.63) is 0 Å². The molecule has 90 valence electrons. The number of carbonyl (C=O) groups is 2. The molecule has 0 fully saturated rings. The van der Waals surface area contributed by atoms with Gasteiger partial charge in [-0.2, -0.15) is 5.26 Å². The maximum absolute atomic E-state index is 11.3. The van der Waals surface area contributed by atoms with Crippen LogP contribution in [0.25, 0.3) is 0 Å². The largest absolute Gasteiger partial charge is 0.479 e. The van der Waals surface area contributed by atoms with Crippen molar-refractivity contribution in [1.29, 1.82) is 5.26 Å². The molecule has 0 aromatic rings. The van der Waals surface area contributed by atoms with Crippen molar-refractivity contribution in [2.45, 2.75) is 13.0 Å². The molecule has 0 aliphatic rings. The number of aliphatic carboxylic acids is 1. The number of nitrogens with one attached hydrogen (secondary N) is 1. The molecule has 2 amide bonds. The molecule has 0 aliphatic heterocycles. The second kappa shape index (κ2) is 6.63. The monoisotopic (exact) mass is 229 g/mol. The van der Waals surface area contributed by atoms with E-state index in [0.717, 1.165) is 0 Å². The number of nitrogens with zero attached hydrogens (tertiary/aromatic N) is 2.